The van der Waals surface area contributed by atoms with E-state index in [1.165, 1.54) is 0 Å². The molecule has 1 amide bonds. The highest BCUT2D eigenvalue weighted by atomic mass is 79.9. The lowest BCUT2D eigenvalue weighted by Crippen LogP contribution is -2.35. The van der Waals surface area contributed by atoms with Gasteiger partial charge in [-0.3, -0.25) is 4.79 Å². The molecule has 0 unspecified atom stereocenters. The number of hydrogen-bond acceptors (Lipinski definition) is 2. The fourth-order valence-electron chi connectivity index (χ4n) is 2.33. The highest BCUT2D eigenvalue weighted by Gasteiger charge is 2.24. The summed E-state index contributed by atoms with van der Waals surface area (Å²) >= 11 is 3.48. The van der Waals surface area contributed by atoms with E-state index in [9.17, 15) is 4.79 Å². The monoisotopic (exact) mass is 316 g/mol. The highest BCUT2D eigenvalue weighted by Crippen LogP contribution is 2.37. The molecule has 96 valence electrons. The Kier molecular flexibility index (Phi) is 3.03. The molecule has 1 aliphatic heterocycles. The van der Waals surface area contributed by atoms with Crippen molar-refractivity contribution in [2.45, 2.75) is 6.92 Å². The van der Waals surface area contributed by atoms with Crippen LogP contribution in [0.5, 0.6) is 0 Å². The Morgan fingerprint density at radius 3 is 2.74 bits per heavy atom. The van der Waals surface area contributed by atoms with Gasteiger partial charge in [-0.2, -0.15) is 0 Å². The molecule has 0 radical (unpaired) electrons. The SMILES string of the molecule is Cc1ccccc1N1CC(=O)Nc2ccc(Br)cc21. The molecule has 2 aromatic carbocycles. The van der Waals surface area contributed by atoms with Crippen LogP contribution in [-0.2, 0) is 4.79 Å². The number of rotatable bonds is 1. The van der Waals surface area contributed by atoms with Gasteiger partial charge < -0.3 is 10.2 Å². The average Bonchev–Trinajstić information content (AvgIpc) is 2.39. The van der Waals surface area contributed by atoms with Crippen LogP contribution >= 0.6 is 15.9 Å². The number of para-hydroxylation sites is 1. The van der Waals surface area contributed by atoms with Crippen LogP contribution in [0.4, 0.5) is 17.1 Å². The number of halogens is 1. The van der Waals surface area contributed by atoms with E-state index in [1.54, 1.807) is 0 Å². The first-order valence-electron chi connectivity index (χ1n) is 6.08. The molecule has 0 bridgehead atoms. The maximum atomic E-state index is 11.8. The van der Waals surface area contributed by atoms with Gasteiger partial charge in [-0.15, -0.1) is 0 Å². The van der Waals surface area contributed by atoms with Crippen LogP contribution in [0, 0.1) is 6.92 Å². The second-order valence-corrected chi connectivity index (χ2v) is 5.50. The van der Waals surface area contributed by atoms with Gasteiger partial charge in [0.05, 0.1) is 11.4 Å². The van der Waals surface area contributed by atoms with Crippen LogP contribution in [0.15, 0.2) is 46.9 Å². The maximum Gasteiger partial charge on any atom is 0.244 e. The molecule has 0 atom stereocenters. The lowest BCUT2D eigenvalue weighted by atomic mass is 10.1. The van der Waals surface area contributed by atoms with Crippen molar-refractivity contribution in [3.8, 4) is 0 Å². The molecule has 1 heterocycles. The number of nitrogens with one attached hydrogen (secondary N) is 1. The summed E-state index contributed by atoms with van der Waals surface area (Å²) in [6.45, 7) is 2.40. The third-order valence-electron chi connectivity index (χ3n) is 3.23. The molecule has 1 N–H and O–H groups in total. The van der Waals surface area contributed by atoms with Crippen LogP contribution in [0.2, 0.25) is 0 Å². The quantitative estimate of drug-likeness (QED) is 0.866. The first-order valence-corrected chi connectivity index (χ1v) is 6.87. The van der Waals surface area contributed by atoms with Gasteiger partial charge in [0.25, 0.3) is 0 Å². The van der Waals surface area contributed by atoms with Gasteiger partial charge in [-0.25, -0.2) is 0 Å². The van der Waals surface area contributed by atoms with Gasteiger partial charge in [0, 0.05) is 10.2 Å². The molecule has 0 spiro atoms. The van der Waals surface area contributed by atoms with E-state index in [2.05, 4.69) is 34.2 Å². The fourth-order valence-corrected chi connectivity index (χ4v) is 2.68. The molecule has 19 heavy (non-hydrogen) atoms. The summed E-state index contributed by atoms with van der Waals surface area (Å²) in [5.74, 6) is 0.0121. The van der Waals surface area contributed by atoms with Gasteiger partial charge in [0.15, 0.2) is 0 Å². The Morgan fingerprint density at radius 1 is 1.16 bits per heavy atom. The predicted molar refractivity (Wildman–Crippen MR) is 81.0 cm³/mol. The summed E-state index contributed by atoms with van der Waals surface area (Å²) in [5.41, 5.74) is 4.09. The number of carbonyl (C=O) groups excluding carboxylic acids is 1. The van der Waals surface area contributed by atoms with Crippen molar-refractivity contribution in [1.82, 2.24) is 0 Å². The second-order valence-electron chi connectivity index (χ2n) is 4.58. The third kappa shape index (κ3) is 2.24. The molecule has 0 aromatic heterocycles. The zero-order valence-corrected chi connectivity index (χ0v) is 12.1. The Balaban J connectivity index is 2.16. The summed E-state index contributed by atoms with van der Waals surface area (Å²) in [6.07, 6.45) is 0. The molecule has 1 aliphatic rings. The molecule has 0 fully saturated rings. The molecule has 4 heteroatoms. The maximum absolute atomic E-state index is 11.8. The van der Waals surface area contributed by atoms with E-state index in [1.807, 2.05) is 41.3 Å². The predicted octanol–water partition coefficient (Wildman–Crippen LogP) is 3.85. The zero-order valence-electron chi connectivity index (χ0n) is 10.5. The summed E-state index contributed by atoms with van der Waals surface area (Å²) in [6, 6.07) is 14.0. The molecular weight excluding hydrogens is 304 g/mol. The first kappa shape index (κ1) is 12.2. The van der Waals surface area contributed by atoms with E-state index in [-0.39, 0.29) is 5.91 Å². The highest BCUT2D eigenvalue weighted by molar-refractivity contribution is 9.10. The summed E-state index contributed by atoms with van der Waals surface area (Å²) in [7, 11) is 0. The summed E-state index contributed by atoms with van der Waals surface area (Å²) < 4.78 is 1.00. The van der Waals surface area contributed by atoms with Gasteiger partial charge in [0.2, 0.25) is 5.91 Å². The zero-order chi connectivity index (χ0) is 13.4. The minimum absolute atomic E-state index is 0.0121. The van der Waals surface area contributed by atoms with Crippen LogP contribution < -0.4 is 10.2 Å². The normalized spacial score (nSPS) is 14.0. The van der Waals surface area contributed by atoms with Crippen LogP contribution in [0.25, 0.3) is 0 Å². The van der Waals surface area contributed by atoms with Crippen molar-refractivity contribution < 1.29 is 4.79 Å². The van der Waals surface area contributed by atoms with Crippen molar-refractivity contribution in [1.29, 1.82) is 0 Å². The van der Waals surface area contributed by atoms with Crippen molar-refractivity contribution in [3.63, 3.8) is 0 Å². The van der Waals surface area contributed by atoms with Crippen LogP contribution in [0.3, 0.4) is 0 Å². The number of amides is 1. The number of benzene rings is 2. The van der Waals surface area contributed by atoms with Crippen molar-refractivity contribution in [3.05, 3.63) is 52.5 Å². The van der Waals surface area contributed by atoms with E-state index < -0.39 is 0 Å². The number of aryl methyl sites for hydroxylation is 1. The molecule has 0 saturated heterocycles. The van der Waals surface area contributed by atoms with E-state index in [4.69, 9.17) is 0 Å². The topological polar surface area (TPSA) is 32.3 Å². The number of fused-ring (bicyclic) bond motifs is 1. The number of anilines is 3. The smallest absolute Gasteiger partial charge is 0.244 e. The molecule has 3 rings (SSSR count). The Hall–Kier alpha value is -1.81. The first-order chi connectivity index (χ1) is 9.15. The largest absolute Gasteiger partial charge is 0.330 e. The van der Waals surface area contributed by atoms with Crippen LogP contribution in [0.1, 0.15) is 5.56 Å². The van der Waals surface area contributed by atoms with Crippen molar-refractivity contribution in [2.75, 3.05) is 16.8 Å². The molecule has 0 aliphatic carbocycles. The number of nitrogens with zero attached hydrogens (tertiary/aromatic N) is 1. The van der Waals surface area contributed by atoms with Crippen molar-refractivity contribution >= 4 is 38.9 Å². The third-order valence-corrected chi connectivity index (χ3v) is 3.73. The standard InChI is InChI=1S/C15H13BrN2O/c1-10-4-2-3-5-13(10)18-9-15(19)17-12-7-6-11(16)8-14(12)18/h2-8H,9H2,1H3,(H,17,19). The summed E-state index contributed by atoms with van der Waals surface area (Å²) in [5, 5.41) is 2.90. The van der Waals surface area contributed by atoms with Gasteiger partial charge in [-0.05, 0) is 36.8 Å². The van der Waals surface area contributed by atoms with Gasteiger partial charge in [0.1, 0.15) is 6.54 Å². The molecule has 2 aromatic rings. The van der Waals surface area contributed by atoms with Crippen LogP contribution in [-0.4, -0.2) is 12.5 Å². The summed E-state index contributed by atoms with van der Waals surface area (Å²) in [4.78, 5) is 13.9. The number of carbonyl (C=O) groups is 1. The Labute approximate surface area is 120 Å². The molecule has 3 nitrogen and oxygen atoms in total. The second kappa shape index (κ2) is 4.70. The minimum Gasteiger partial charge on any atom is -0.330 e. The fraction of sp³-hybridized carbons (Fsp3) is 0.133. The van der Waals surface area contributed by atoms with E-state index >= 15 is 0 Å². The lowest BCUT2D eigenvalue weighted by molar-refractivity contribution is -0.115. The van der Waals surface area contributed by atoms with Gasteiger partial charge in [-0.1, -0.05) is 34.1 Å². The lowest BCUT2D eigenvalue weighted by Gasteiger charge is -2.32. The van der Waals surface area contributed by atoms with Crippen molar-refractivity contribution in [2.24, 2.45) is 0 Å². The number of hydrogen-bond donors (Lipinski definition) is 1. The van der Waals surface area contributed by atoms with Gasteiger partial charge >= 0.3 is 0 Å². The average molecular weight is 317 g/mol. The Morgan fingerprint density at radius 2 is 1.95 bits per heavy atom. The minimum atomic E-state index is 0.0121. The Bertz CT molecular complexity index is 654. The molecule has 0 saturated carbocycles. The van der Waals surface area contributed by atoms with E-state index in [0.29, 0.717) is 6.54 Å². The molecular formula is C15H13BrN2O. The van der Waals surface area contributed by atoms with E-state index in [0.717, 1.165) is 27.1 Å².